The highest BCUT2D eigenvalue weighted by Crippen LogP contribution is 2.06. The predicted octanol–water partition coefficient (Wildman–Crippen LogP) is 1.55. The Morgan fingerprint density at radius 2 is 2.00 bits per heavy atom. The molecule has 1 aliphatic heterocycles. The Kier molecular flexibility index (Phi) is 6.05. The van der Waals surface area contributed by atoms with Crippen LogP contribution >= 0.6 is 0 Å². The van der Waals surface area contributed by atoms with E-state index in [2.05, 4.69) is 30.6 Å². The van der Waals surface area contributed by atoms with Crippen molar-refractivity contribution in [3.8, 4) is 0 Å². The molecule has 0 spiro atoms. The number of nitrogens with zero attached hydrogens (tertiary/aromatic N) is 2. The van der Waals surface area contributed by atoms with Gasteiger partial charge in [-0.15, -0.1) is 6.58 Å². The molecule has 0 atom stereocenters. The van der Waals surface area contributed by atoms with Gasteiger partial charge in [0.2, 0.25) is 0 Å². The number of carbonyl (C=O) groups excluding carboxylic acids is 1. The summed E-state index contributed by atoms with van der Waals surface area (Å²) in [5.41, 5.74) is 0. The van der Waals surface area contributed by atoms with E-state index in [0.717, 1.165) is 38.6 Å². The molecule has 0 unspecified atom stereocenters. The molecule has 0 radical (unpaired) electrons. The van der Waals surface area contributed by atoms with Gasteiger partial charge in [-0.1, -0.05) is 19.9 Å². The summed E-state index contributed by atoms with van der Waals surface area (Å²) in [6.07, 6.45) is 2.94. The van der Waals surface area contributed by atoms with E-state index < -0.39 is 0 Å². The Bertz CT molecular complexity index is 245. The van der Waals surface area contributed by atoms with E-state index in [-0.39, 0.29) is 6.03 Å². The lowest BCUT2D eigenvalue weighted by atomic mass is 10.1. The Balaban J connectivity index is 2.20. The number of piperazine rings is 1. The topological polar surface area (TPSA) is 35.6 Å². The van der Waals surface area contributed by atoms with Crippen LogP contribution in [0.1, 0.15) is 20.3 Å². The van der Waals surface area contributed by atoms with Crippen LogP contribution in [0.15, 0.2) is 12.7 Å². The Morgan fingerprint density at radius 3 is 2.53 bits per heavy atom. The lowest BCUT2D eigenvalue weighted by molar-refractivity contribution is 0.136. The normalized spacial score (nSPS) is 17.2. The minimum atomic E-state index is 0.0356. The third-order valence-corrected chi connectivity index (χ3v) is 3.08. The average Bonchev–Trinajstić information content (AvgIpc) is 2.34. The molecule has 1 N–H and O–H groups in total. The number of hydrogen-bond acceptors (Lipinski definition) is 2. The molecular weight excluding hydrogens is 214 g/mol. The van der Waals surface area contributed by atoms with Crippen LogP contribution in [0.3, 0.4) is 0 Å². The molecule has 1 aliphatic rings. The molecule has 4 nitrogen and oxygen atoms in total. The van der Waals surface area contributed by atoms with Crippen LogP contribution < -0.4 is 5.32 Å². The van der Waals surface area contributed by atoms with Crippen molar-refractivity contribution in [1.82, 2.24) is 15.1 Å². The number of amides is 2. The smallest absolute Gasteiger partial charge is 0.317 e. The van der Waals surface area contributed by atoms with Gasteiger partial charge in [0, 0.05) is 32.7 Å². The highest BCUT2D eigenvalue weighted by Gasteiger charge is 2.20. The summed E-state index contributed by atoms with van der Waals surface area (Å²) >= 11 is 0. The zero-order valence-electron chi connectivity index (χ0n) is 11.1. The first-order chi connectivity index (χ1) is 8.13. The lowest BCUT2D eigenvalue weighted by Gasteiger charge is -2.34. The molecule has 17 heavy (non-hydrogen) atoms. The van der Waals surface area contributed by atoms with E-state index in [1.165, 1.54) is 6.42 Å². The number of rotatable bonds is 5. The largest absolute Gasteiger partial charge is 0.335 e. The summed E-state index contributed by atoms with van der Waals surface area (Å²) in [6.45, 7) is 13.4. The maximum atomic E-state index is 11.7. The van der Waals surface area contributed by atoms with Crippen molar-refractivity contribution in [2.24, 2.45) is 5.92 Å². The summed E-state index contributed by atoms with van der Waals surface area (Å²) in [5.74, 6) is 0.754. The Labute approximate surface area is 105 Å². The van der Waals surface area contributed by atoms with E-state index in [1.807, 2.05) is 4.90 Å². The SMILES string of the molecule is C=CCNC(=O)N1CCN(CCC(C)C)CC1. The van der Waals surface area contributed by atoms with Crippen molar-refractivity contribution in [2.45, 2.75) is 20.3 Å². The second-order valence-corrected chi connectivity index (χ2v) is 4.99. The lowest BCUT2D eigenvalue weighted by Crippen LogP contribution is -2.51. The maximum absolute atomic E-state index is 11.7. The summed E-state index contributed by atoms with van der Waals surface area (Å²) in [5, 5.41) is 2.82. The zero-order chi connectivity index (χ0) is 12.7. The van der Waals surface area contributed by atoms with Crippen LogP contribution in [0, 0.1) is 5.92 Å². The van der Waals surface area contributed by atoms with Gasteiger partial charge in [-0.25, -0.2) is 4.79 Å². The highest BCUT2D eigenvalue weighted by atomic mass is 16.2. The van der Waals surface area contributed by atoms with E-state index in [4.69, 9.17) is 0 Å². The van der Waals surface area contributed by atoms with Crippen molar-refractivity contribution >= 4 is 6.03 Å². The number of nitrogens with one attached hydrogen (secondary N) is 1. The molecule has 2 amide bonds. The van der Waals surface area contributed by atoms with Crippen molar-refractivity contribution < 1.29 is 4.79 Å². The molecule has 0 aliphatic carbocycles. The van der Waals surface area contributed by atoms with Crippen LogP contribution in [0.2, 0.25) is 0 Å². The van der Waals surface area contributed by atoms with E-state index in [0.29, 0.717) is 6.54 Å². The van der Waals surface area contributed by atoms with Crippen LogP contribution in [0.25, 0.3) is 0 Å². The predicted molar refractivity (Wildman–Crippen MR) is 71.1 cm³/mol. The first kappa shape index (κ1) is 14.0. The Morgan fingerprint density at radius 1 is 1.35 bits per heavy atom. The van der Waals surface area contributed by atoms with Gasteiger partial charge >= 0.3 is 6.03 Å². The third-order valence-electron chi connectivity index (χ3n) is 3.08. The average molecular weight is 239 g/mol. The molecule has 98 valence electrons. The molecule has 1 saturated heterocycles. The second-order valence-electron chi connectivity index (χ2n) is 4.99. The summed E-state index contributed by atoms with van der Waals surface area (Å²) in [4.78, 5) is 16.0. The zero-order valence-corrected chi connectivity index (χ0v) is 11.1. The summed E-state index contributed by atoms with van der Waals surface area (Å²) < 4.78 is 0. The van der Waals surface area contributed by atoms with Gasteiger partial charge < -0.3 is 10.2 Å². The maximum Gasteiger partial charge on any atom is 0.317 e. The van der Waals surface area contributed by atoms with Gasteiger partial charge in [0.1, 0.15) is 0 Å². The van der Waals surface area contributed by atoms with Crippen molar-refractivity contribution in [1.29, 1.82) is 0 Å². The minimum Gasteiger partial charge on any atom is -0.335 e. The fraction of sp³-hybridized carbons (Fsp3) is 0.769. The van der Waals surface area contributed by atoms with Crippen LogP contribution in [-0.4, -0.2) is 55.1 Å². The number of carbonyl (C=O) groups is 1. The molecule has 1 fully saturated rings. The minimum absolute atomic E-state index is 0.0356. The number of hydrogen-bond donors (Lipinski definition) is 1. The quantitative estimate of drug-likeness (QED) is 0.739. The standard InChI is InChI=1S/C13H25N3O/c1-4-6-14-13(17)16-10-8-15(9-11-16)7-5-12(2)3/h4,12H,1,5-11H2,2-3H3,(H,14,17). The first-order valence-corrected chi connectivity index (χ1v) is 6.49. The van der Waals surface area contributed by atoms with E-state index in [9.17, 15) is 4.79 Å². The van der Waals surface area contributed by atoms with Gasteiger partial charge in [-0.2, -0.15) is 0 Å². The summed E-state index contributed by atoms with van der Waals surface area (Å²) in [6, 6.07) is 0.0356. The van der Waals surface area contributed by atoms with Crippen LogP contribution in [-0.2, 0) is 0 Å². The molecule has 4 heteroatoms. The van der Waals surface area contributed by atoms with Crippen LogP contribution in [0.4, 0.5) is 4.79 Å². The fourth-order valence-corrected chi connectivity index (χ4v) is 1.89. The van der Waals surface area contributed by atoms with Crippen LogP contribution in [0.5, 0.6) is 0 Å². The monoisotopic (exact) mass is 239 g/mol. The molecular formula is C13H25N3O. The molecule has 1 rings (SSSR count). The fourth-order valence-electron chi connectivity index (χ4n) is 1.89. The third kappa shape index (κ3) is 5.22. The molecule has 0 bridgehead atoms. The molecule has 0 aromatic heterocycles. The molecule has 1 heterocycles. The molecule has 0 aromatic rings. The molecule has 0 aromatic carbocycles. The van der Waals surface area contributed by atoms with E-state index in [1.54, 1.807) is 6.08 Å². The molecule has 0 saturated carbocycles. The van der Waals surface area contributed by atoms with Gasteiger partial charge in [-0.05, 0) is 18.9 Å². The van der Waals surface area contributed by atoms with Crippen molar-refractivity contribution in [2.75, 3.05) is 39.3 Å². The van der Waals surface area contributed by atoms with E-state index >= 15 is 0 Å². The van der Waals surface area contributed by atoms with Gasteiger partial charge in [-0.3, -0.25) is 4.90 Å². The van der Waals surface area contributed by atoms with Gasteiger partial charge in [0.25, 0.3) is 0 Å². The second kappa shape index (κ2) is 7.33. The van der Waals surface area contributed by atoms with Crippen molar-refractivity contribution in [3.05, 3.63) is 12.7 Å². The highest BCUT2D eigenvalue weighted by molar-refractivity contribution is 5.74. The Hall–Kier alpha value is -1.03. The van der Waals surface area contributed by atoms with Crippen molar-refractivity contribution in [3.63, 3.8) is 0 Å². The number of urea groups is 1. The van der Waals surface area contributed by atoms with Gasteiger partial charge in [0.05, 0.1) is 0 Å². The first-order valence-electron chi connectivity index (χ1n) is 6.49. The summed E-state index contributed by atoms with van der Waals surface area (Å²) in [7, 11) is 0. The van der Waals surface area contributed by atoms with Gasteiger partial charge in [0.15, 0.2) is 0 Å².